The molecule has 1 unspecified atom stereocenters. The fourth-order valence-electron chi connectivity index (χ4n) is 2.78. The van der Waals surface area contributed by atoms with Gasteiger partial charge < -0.3 is 5.32 Å². The van der Waals surface area contributed by atoms with Crippen LogP contribution < -0.4 is 5.32 Å². The maximum absolute atomic E-state index is 6.48. The lowest BCUT2D eigenvalue weighted by Crippen LogP contribution is -2.27. The molecule has 0 amide bonds. The molecule has 0 fully saturated rings. The molecular formula is C18H15Cl2N3S2. The number of thiazole rings is 1. The summed E-state index contributed by atoms with van der Waals surface area (Å²) in [6, 6.07) is 13.9. The first-order valence-electron chi connectivity index (χ1n) is 7.93. The number of nitrogens with zero attached hydrogens (tertiary/aromatic N) is 2. The molecule has 0 bridgehead atoms. The van der Waals surface area contributed by atoms with Gasteiger partial charge in [-0.15, -0.1) is 11.3 Å². The highest BCUT2D eigenvalue weighted by Crippen LogP contribution is 2.33. The number of hydrogen-bond donors (Lipinski definition) is 1. The van der Waals surface area contributed by atoms with Crippen molar-refractivity contribution in [2.24, 2.45) is 4.99 Å². The predicted molar refractivity (Wildman–Crippen MR) is 110 cm³/mol. The Morgan fingerprint density at radius 3 is 2.80 bits per heavy atom. The second-order valence-electron chi connectivity index (χ2n) is 5.65. The van der Waals surface area contributed by atoms with E-state index in [0.29, 0.717) is 10.0 Å². The zero-order chi connectivity index (χ0) is 17.2. The van der Waals surface area contributed by atoms with Gasteiger partial charge in [0.1, 0.15) is 0 Å². The molecule has 1 aromatic heterocycles. The maximum Gasteiger partial charge on any atom is 0.157 e. The van der Waals surface area contributed by atoms with Crippen molar-refractivity contribution in [3.05, 3.63) is 63.1 Å². The number of nitrogens with one attached hydrogen (secondary N) is 1. The van der Waals surface area contributed by atoms with Gasteiger partial charge in [0.15, 0.2) is 5.17 Å². The minimum absolute atomic E-state index is 0.0175. The number of thioether (sulfide) groups is 1. The standard InChI is InChI=1S/C18H15Cl2N3S2/c19-12-5-3-4-11(17(12)20)14(23-18-21-8-9-24-18)10-16-22-13-6-1-2-7-15(13)25-16/h1-7,14H,8-10H2,(H,21,23). The Bertz CT molecular complexity index is 906. The molecule has 0 saturated heterocycles. The van der Waals surface area contributed by atoms with Crippen LogP contribution in [-0.2, 0) is 6.42 Å². The van der Waals surface area contributed by atoms with Crippen LogP contribution >= 0.6 is 46.3 Å². The summed E-state index contributed by atoms with van der Waals surface area (Å²) < 4.78 is 1.20. The number of benzene rings is 2. The highest BCUT2D eigenvalue weighted by Gasteiger charge is 2.21. The SMILES string of the molecule is Clc1cccc(C(Cc2nc3ccccc3s2)NC2=NCCS2)c1Cl. The predicted octanol–water partition coefficient (Wildman–Crippen LogP) is 5.58. The van der Waals surface area contributed by atoms with Crippen LogP contribution in [0.4, 0.5) is 0 Å². The van der Waals surface area contributed by atoms with Crippen molar-refractivity contribution >= 4 is 61.7 Å². The van der Waals surface area contributed by atoms with Gasteiger partial charge in [-0.05, 0) is 23.8 Å². The third kappa shape index (κ3) is 3.80. The molecule has 0 aliphatic carbocycles. The Morgan fingerprint density at radius 1 is 1.12 bits per heavy atom. The van der Waals surface area contributed by atoms with E-state index in [0.717, 1.165) is 40.0 Å². The molecule has 1 atom stereocenters. The molecule has 2 aromatic carbocycles. The molecular weight excluding hydrogens is 393 g/mol. The normalized spacial score (nSPS) is 15.4. The van der Waals surface area contributed by atoms with Crippen molar-refractivity contribution in [3.8, 4) is 0 Å². The van der Waals surface area contributed by atoms with Crippen LogP contribution in [0.15, 0.2) is 47.5 Å². The lowest BCUT2D eigenvalue weighted by Gasteiger charge is -2.20. The lowest BCUT2D eigenvalue weighted by molar-refractivity contribution is 0.647. The first-order chi connectivity index (χ1) is 12.2. The number of aliphatic imine (C=N–C) groups is 1. The third-order valence-electron chi connectivity index (χ3n) is 3.96. The van der Waals surface area contributed by atoms with E-state index in [1.165, 1.54) is 4.70 Å². The van der Waals surface area contributed by atoms with Crippen molar-refractivity contribution in [1.29, 1.82) is 0 Å². The average Bonchev–Trinajstić information content (AvgIpc) is 3.25. The fourth-order valence-corrected chi connectivity index (χ4v) is 5.02. The molecule has 4 rings (SSSR count). The lowest BCUT2D eigenvalue weighted by atomic mass is 10.0. The number of amidine groups is 1. The van der Waals surface area contributed by atoms with Crippen molar-refractivity contribution in [2.75, 3.05) is 12.3 Å². The number of halogens is 2. The van der Waals surface area contributed by atoms with E-state index >= 15 is 0 Å². The highest BCUT2D eigenvalue weighted by molar-refractivity contribution is 8.14. The summed E-state index contributed by atoms with van der Waals surface area (Å²) in [5.41, 5.74) is 2.01. The van der Waals surface area contributed by atoms with Crippen molar-refractivity contribution in [1.82, 2.24) is 10.3 Å². The summed E-state index contributed by atoms with van der Waals surface area (Å²) in [6.45, 7) is 0.851. The first kappa shape index (κ1) is 17.2. The van der Waals surface area contributed by atoms with Crippen molar-refractivity contribution in [3.63, 3.8) is 0 Å². The van der Waals surface area contributed by atoms with E-state index in [4.69, 9.17) is 28.2 Å². The van der Waals surface area contributed by atoms with Crippen LogP contribution in [0.25, 0.3) is 10.2 Å². The summed E-state index contributed by atoms with van der Waals surface area (Å²) in [5.74, 6) is 1.01. The summed E-state index contributed by atoms with van der Waals surface area (Å²) in [4.78, 5) is 9.27. The van der Waals surface area contributed by atoms with Crippen LogP contribution in [-0.4, -0.2) is 22.4 Å². The number of rotatable bonds is 4. The van der Waals surface area contributed by atoms with Crippen LogP contribution in [0, 0.1) is 0 Å². The van der Waals surface area contributed by atoms with E-state index in [1.807, 2.05) is 36.4 Å². The van der Waals surface area contributed by atoms with Crippen molar-refractivity contribution < 1.29 is 0 Å². The molecule has 7 heteroatoms. The van der Waals surface area contributed by atoms with E-state index in [-0.39, 0.29) is 6.04 Å². The van der Waals surface area contributed by atoms with Gasteiger partial charge in [-0.25, -0.2) is 4.98 Å². The van der Waals surface area contributed by atoms with Gasteiger partial charge in [-0.3, -0.25) is 4.99 Å². The second kappa shape index (κ2) is 7.54. The largest absolute Gasteiger partial charge is 0.358 e. The van der Waals surface area contributed by atoms with Gasteiger partial charge in [-0.1, -0.05) is 59.2 Å². The van der Waals surface area contributed by atoms with Crippen LogP contribution in [0.5, 0.6) is 0 Å². The van der Waals surface area contributed by atoms with E-state index < -0.39 is 0 Å². The molecule has 0 saturated carbocycles. The molecule has 0 radical (unpaired) electrons. The van der Waals surface area contributed by atoms with E-state index in [9.17, 15) is 0 Å². The molecule has 1 N–H and O–H groups in total. The van der Waals surface area contributed by atoms with Gasteiger partial charge in [0.2, 0.25) is 0 Å². The molecule has 0 spiro atoms. The van der Waals surface area contributed by atoms with Crippen LogP contribution in [0.3, 0.4) is 0 Å². The molecule has 128 valence electrons. The summed E-state index contributed by atoms with van der Waals surface area (Å²) in [6.07, 6.45) is 0.735. The molecule has 3 nitrogen and oxygen atoms in total. The Hall–Kier alpha value is -1.27. The third-order valence-corrected chi connectivity index (χ3v) is 6.76. The Labute approximate surface area is 164 Å². The minimum atomic E-state index is -0.0175. The Kier molecular flexibility index (Phi) is 5.17. The number of fused-ring (bicyclic) bond motifs is 1. The number of para-hydroxylation sites is 1. The molecule has 1 aliphatic heterocycles. The first-order valence-corrected chi connectivity index (χ1v) is 10.5. The van der Waals surface area contributed by atoms with Gasteiger partial charge in [0.05, 0.1) is 37.9 Å². The number of hydrogen-bond acceptors (Lipinski definition) is 5. The molecule has 2 heterocycles. The van der Waals surface area contributed by atoms with Crippen LogP contribution in [0.1, 0.15) is 16.6 Å². The van der Waals surface area contributed by atoms with Gasteiger partial charge in [0.25, 0.3) is 0 Å². The van der Waals surface area contributed by atoms with E-state index in [2.05, 4.69) is 16.4 Å². The zero-order valence-corrected chi connectivity index (χ0v) is 16.4. The molecule has 25 heavy (non-hydrogen) atoms. The Balaban J connectivity index is 1.67. The average molecular weight is 408 g/mol. The summed E-state index contributed by atoms with van der Waals surface area (Å²) in [5, 5.41) is 6.71. The van der Waals surface area contributed by atoms with Gasteiger partial charge in [-0.2, -0.15) is 0 Å². The summed E-state index contributed by atoms with van der Waals surface area (Å²) >= 11 is 16.2. The van der Waals surface area contributed by atoms with E-state index in [1.54, 1.807) is 23.1 Å². The molecule has 3 aromatic rings. The summed E-state index contributed by atoms with van der Waals surface area (Å²) in [7, 11) is 0. The van der Waals surface area contributed by atoms with Crippen molar-refractivity contribution in [2.45, 2.75) is 12.5 Å². The monoisotopic (exact) mass is 407 g/mol. The topological polar surface area (TPSA) is 37.3 Å². The quantitative estimate of drug-likeness (QED) is 0.613. The second-order valence-corrected chi connectivity index (χ2v) is 8.64. The molecule has 1 aliphatic rings. The minimum Gasteiger partial charge on any atom is -0.358 e. The van der Waals surface area contributed by atoms with Gasteiger partial charge >= 0.3 is 0 Å². The Morgan fingerprint density at radius 2 is 2.00 bits per heavy atom. The van der Waals surface area contributed by atoms with Crippen LogP contribution in [0.2, 0.25) is 10.0 Å². The fraction of sp³-hybridized carbons (Fsp3) is 0.222. The highest BCUT2D eigenvalue weighted by atomic mass is 35.5. The maximum atomic E-state index is 6.48. The smallest absolute Gasteiger partial charge is 0.157 e. The number of aromatic nitrogens is 1. The van der Waals surface area contributed by atoms with Gasteiger partial charge in [0, 0.05) is 12.2 Å². The zero-order valence-electron chi connectivity index (χ0n) is 13.2.